The van der Waals surface area contributed by atoms with Gasteiger partial charge in [0.25, 0.3) is 0 Å². The van der Waals surface area contributed by atoms with Crippen molar-refractivity contribution >= 4 is 5.78 Å². The van der Waals surface area contributed by atoms with Crippen LogP contribution in [0.2, 0.25) is 0 Å². The Bertz CT molecular complexity index is 584. The third-order valence-corrected chi connectivity index (χ3v) is 4.38. The van der Waals surface area contributed by atoms with Crippen molar-refractivity contribution < 1.29 is 4.79 Å². The van der Waals surface area contributed by atoms with Crippen LogP contribution >= 0.6 is 0 Å². The van der Waals surface area contributed by atoms with E-state index in [0.717, 1.165) is 17.0 Å². The number of nitrogens with zero attached hydrogens (tertiary/aromatic N) is 1. The van der Waals surface area contributed by atoms with Gasteiger partial charge in [0.2, 0.25) is 0 Å². The van der Waals surface area contributed by atoms with Gasteiger partial charge in [0.15, 0.2) is 5.78 Å². The van der Waals surface area contributed by atoms with Gasteiger partial charge in [-0.1, -0.05) is 48.5 Å². The maximum absolute atomic E-state index is 10.7. The molecule has 1 fully saturated rings. The Labute approximate surface area is 126 Å². The van der Waals surface area contributed by atoms with Gasteiger partial charge in [-0.2, -0.15) is 0 Å². The van der Waals surface area contributed by atoms with Crippen molar-refractivity contribution in [3.8, 4) is 0 Å². The Balaban J connectivity index is 0.000000140. The SMILES string of the molecule is CN1CCC(c2ccccc2)CC1.O=C1c2cccc1c2. The molecule has 108 valence electrons. The van der Waals surface area contributed by atoms with Crippen molar-refractivity contribution in [3.05, 3.63) is 71.3 Å². The molecule has 2 nitrogen and oxygen atoms in total. The largest absolute Gasteiger partial charge is 0.306 e. The molecule has 2 aliphatic carbocycles. The number of carbonyl (C=O) groups excluding carboxylic acids is 1. The fourth-order valence-corrected chi connectivity index (χ4v) is 2.96. The molecular weight excluding hydrogens is 258 g/mol. The van der Waals surface area contributed by atoms with Crippen LogP contribution in [0.25, 0.3) is 0 Å². The van der Waals surface area contributed by atoms with Crippen LogP contribution < -0.4 is 0 Å². The minimum Gasteiger partial charge on any atom is -0.306 e. The predicted molar refractivity (Wildman–Crippen MR) is 85.8 cm³/mol. The minimum absolute atomic E-state index is 0.201. The number of carbonyl (C=O) groups is 1. The van der Waals surface area contributed by atoms with Gasteiger partial charge in [0.05, 0.1) is 0 Å². The molecule has 2 heteroatoms. The number of ketones is 1. The van der Waals surface area contributed by atoms with Crippen LogP contribution in [0.1, 0.15) is 40.2 Å². The van der Waals surface area contributed by atoms with Gasteiger partial charge >= 0.3 is 0 Å². The lowest BCUT2D eigenvalue weighted by Gasteiger charge is -2.29. The maximum Gasteiger partial charge on any atom is 0.193 e. The number of hydrogen-bond donors (Lipinski definition) is 0. The van der Waals surface area contributed by atoms with Crippen LogP contribution in [0, 0.1) is 0 Å². The van der Waals surface area contributed by atoms with Crippen molar-refractivity contribution in [3.63, 3.8) is 0 Å². The summed E-state index contributed by atoms with van der Waals surface area (Å²) in [5.74, 6) is 1.00. The lowest BCUT2D eigenvalue weighted by atomic mass is 9.90. The van der Waals surface area contributed by atoms with Gasteiger partial charge in [-0.25, -0.2) is 0 Å². The first-order chi connectivity index (χ1) is 10.2. The minimum atomic E-state index is 0.201. The van der Waals surface area contributed by atoms with E-state index in [-0.39, 0.29) is 5.78 Å². The van der Waals surface area contributed by atoms with Crippen molar-refractivity contribution in [1.29, 1.82) is 0 Å². The molecule has 0 spiro atoms. The standard InChI is InChI=1S/C12H17N.C7H4O/c1-13-9-7-12(8-10-13)11-5-3-2-4-6-11;8-7-5-2-1-3-6(7)4-5/h2-6,12H,7-10H2,1H3;1-4H. The van der Waals surface area contributed by atoms with Gasteiger partial charge in [-0.05, 0) is 50.5 Å². The predicted octanol–water partition coefficient (Wildman–Crippen LogP) is 3.73. The van der Waals surface area contributed by atoms with Gasteiger partial charge in [-0.15, -0.1) is 0 Å². The summed E-state index contributed by atoms with van der Waals surface area (Å²) in [6.07, 6.45) is 2.64. The summed E-state index contributed by atoms with van der Waals surface area (Å²) in [6.45, 7) is 2.50. The Morgan fingerprint density at radius 1 is 0.905 bits per heavy atom. The summed E-state index contributed by atoms with van der Waals surface area (Å²) in [5, 5.41) is 0. The van der Waals surface area contributed by atoms with Crippen LogP contribution in [0.4, 0.5) is 0 Å². The molecule has 0 radical (unpaired) electrons. The monoisotopic (exact) mass is 279 g/mol. The zero-order valence-corrected chi connectivity index (χ0v) is 12.5. The van der Waals surface area contributed by atoms with Crippen molar-refractivity contribution in [1.82, 2.24) is 4.90 Å². The van der Waals surface area contributed by atoms with Crippen LogP contribution in [0.3, 0.4) is 0 Å². The van der Waals surface area contributed by atoms with E-state index in [1.54, 1.807) is 0 Å². The second-order valence-electron chi connectivity index (χ2n) is 5.90. The van der Waals surface area contributed by atoms with E-state index in [1.165, 1.54) is 31.5 Å². The van der Waals surface area contributed by atoms with Crippen LogP contribution in [0.5, 0.6) is 0 Å². The molecule has 3 aliphatic rings. The number of likely N-dealkylation sites (tertiary alicyclic amines) is 1. The lowest BCUT2D eigenvalue weighted by molar-refractivity contribution is 0.102. The van der Waals surface area contributed by atoms with Gasteiger partial charge < -0.3 is 4.90 Å². The second-order valence-corrected chi connectivity index (χ2v) is 5.90. The average molecular weight is 279 g/mol. The molecule has 0 N–H and O–H groups in total. The van der Waals surface area contributed by atoms with Gasteiger partial charge in [0, 0.05) is 11.1 Å². The molecule has 0 unspecified atom stereocenters. The molecule has 0 saturated carbocycles. The third-order valence-electron chi connectivity index (χ3n) is 4.38. The van der Waals surface area contributed by atoms with Crippen molar-refractivity contribution in [2.75, 3.05) is 20.1 Å². The quantitative estimate of drug-likeness (QED) is 0.676. The number of rotatable bonds is 1. The van der Waals surface area contributed by atoms with E-state index < -0.39 is 0 Å². The zero-order valence-electron chi connectivity index (χ0n) is 12.5. The Morgan fingerprint density at radius 2 is 1.52 bits per heavy atom. The van der Waals surface area contributed by atoms with E-state index in [0.29, 0.717) is 0 Å². The fourth-order valence-electron chi connectivity index (χ4n) is 2.96. The first-order valence-electron chi connectivity index (χ1n) is 7.62. The van der Waals surface area contributed by atoms with Crippen molar-refractivity contribution in [2.45, 2.75) is 18.8 Å². The highest BCUT2D eigenvalue weighted by molar-refractivity contribution is 6.16. The molecule has 21 heavy (non-hydrogen) atoms. The molecule has 2 aromatic carbocycles. The molecule has 0 aromatic heterocycles. The summed E-state index contributed by atoms with van der Waals surface area (Å²) in [7, 11) is 2.21. The van der Waals surface area contributed by atoms with Gasteiger partial charge in [0.1, 0.15) is 0 Å². The molecule has 1 heterocycles. The maximum atomic E-state index is 10.7. The van der Waals surface area contributed by atoms with Crippen molar-refractivity contribution in [2.24, 2.45) is 0 Å². The van der Waals surface area contributed by atoms with E-state index >= 15 is 0 Å². The summed E-state index contributed by atoms with van der Waals surface area (Å²) in [4.78, 5) is 13.1. The molecule has 2 bridgehead atoms. The van der Waals surface area contributed by atoms with E-state index in [9.17, 15) is 4.79 Å². The molecular formula is C19H21NO. The first kappa shape index (κ1) is 14.0. The first-order valence-corrected chi connectivity index (χ1v) is 7.62. The van der Waals surface area contributed by atoms with E-state index in [1.807, 2.05) is 24.3 Å². The van der Waals surface area contributed by atoms with E-state index in [2.05, 4.69) is 42.3 Å². The molecule has 1 saturated heterocycles. The highest BCUT2D eigenvalue weighted by Crippen LogP contribution is 2.26. The highest BCUT2D eigenvalue weighted by atomic mass is 16.1. The van der Waals surface area contributed by atoms with E-state index in [4.69, 9.17) is 0 Å². The van der Waals surface area contributed by atoms with Crippen LogP contribution in [-0.2, 0) is 0 Å². The normalized spacial score (nSPS) is 17.7. The molecule has 0 amide bonds. The second kappa shape index (κ2) is 6.23. The molecule has 1 aliphatic heterocycles. The summed E-state index contributed by atoms with van der Waals surface area (Å²) >= 11 is 0. The summed E-state index contributed by atoms with van der Waals surface area (Å²) in [6, 6.07) is 18.4. The Morgan fingerprint density at radius 3 is 2.00 bits per heavy atom. The number of hydrogen-bond acceptors (Lipinski definition) is 2. The lowest BCUT2D eigenvalue weighted by Crippen LogP contribution is -2.29. The fraction of sp³-hybridized carbons (Fsp3) is 0.316. The van der Waals surface area contributed by atoms with Crippen LogP contribution in [-0.4, -0.2) is 30.8 Å². The Kier molecular flexibility index (Phi) is 4.16. The van der Waals surface area contributed by atoms with Gasteiger partial charge in [-0.3, -0.25) is 4.79 Å². The summed E-state index contributed by atoms with van der Waals surface area (Å²) in [5.41, 5.74) is 3.22. The average Bonchev–Trinajstić information content (AvgIpc) is 2.57. The molecule has 0 atom stereocenters. The highest BCUT2D eigenvalue weighted by Gasteiger charge is 2.18. The smallest absolute Gasteiger partial charge is 0.193 e. The molecule has 2 aromatic rings. The topological polar surface area (TPSA) is 20.3 Å². The Hall–Kier alpha value is -1.93. The number of benzene rings is 2. The number of fused-ring (bicyclic) bond motifs is 2. The van der Waals surface area contributed by atoms with Crippen LogP contribution in [0.15, 0.2) is 54.6 Å². The summed E-state index contributed by atoms with van der Waals surface area (Å²) < 4.78 is 0. The zero-order chi connectivity index (χ0) is 14.7. The third kappa shape index (κ3) is 3.22. The number of piperidine rings is 1. The molecule has 5 rings (SSSR count).